The molecule has 0 spiro atoms. The van der Waals surface area contributed by atoms with Gasteiger partial charge in [0, 0.05) is 5.38 Å². The molecule has 2 heterocycles. The SMILES string of the molecule is Cc1ccccc1N=c1scc(-c2ccccc2)n1Cc1ccco1. The van der Waals surface area contributed by atoms with Crippen LogP contribution in [0.25, 0.3) is 11.3 Å². The highest BCUT2D eigenvalue weighted by molar-refractivity contribution is 7.07. The molecular formula is C21H18N2OS. The van der Waals surface area contributed by atoms with Crippen LogP contribution in [0.5, 0.6) is 0 Å². The first kappa shape index (κ1) is 15.7. The van der Waals surface area contributed by atoms with Gasteiger partial charge in [-0.3, -0.25) is 0 Å². The highest BCUT2D eigenvalue weighted by Crippen LogP contribution is 2.22. The summed E-state index contributed by atoms with van der Waals surface area (Å²) in [6.07, 6.45) is 1.71. The highest BCUT2D eigenvalue weighted by Gasteiger charge is 2.10. The molecule has 25 heavy (non-hydrogen) atoms. The fourth-order valence-corrected chi connectivity index (χ4v) is 3.68. The lowest BCUT2D eigenvalue weighted by molar-refractivity contribution is 0.492. The Bertz CT molecular complexity index is 1030. The number of aryl methyl sites for hydroxylation is 1. The molecule has 4 rings (SSSR count). The largest absolute Gasteiger partial charge is 0.467 e. The van der Waals surface area contributed by atoms with Crippen LogP contribution in [0.15, 0.2) is 87.8 Å². The van der Waals surface area contributed by atoms with Gasteiger partial charge in [0.1, 0.15) is 5.76 Å². The van der Waals surface area contributed by atoms with Crippen LogP contribution in [0.3, 0.4) is 0 Å². The van der Waals surface area contributed by atoms with Gasteiger partial charge in [-0.2, -0.15) is 0 Å². The van der Waals surface area contributed by atoms with Crippen LogP contribution in [-0.4, -0.2) is 4.57 Å². The monoisotopic (exact) mass is 346 g/mol. The van der Waals surface area contributed by atoms with Crippen LogP contribution in [0.1, 0.15) is 11.3 Å². The first-order chi connectivity index (χ1) is 12.3. The first-order valence-corrected chi connectivity index (χ1v) is 9.06. The number of rotatable bonds is 4. The molecule has 0 saturated heterocycles. The molecule has 0 fully saturated rings. The van der Waals surface area contributed by atoms with Crippen molar-refractivity contribution in [2.75, 3.05) is 0 Å². The predicted molar refractivity (Wildman–Crippen MR) is 102 cm³/mol. The Morgan fingerprint density at radius 2 is 1.76 bits per heavy atom. The van der Waals surface area contributed by atoms with Crippen LogP contribution < -0.4 is 4.80 Å². The number of furan rings is 1. The normalized spacial score (nSPS) is 11.8. The van der Waals surface area contributed by atoms with Crippen LogP contribution in [0, 0.1) is 6.92 Å². The van der Waals surface area contributed by atoms with Gasteiger partial charge in [-0.1, -0.05) is 48.5 Å². The summed E-state index contributed by atoms with van der Waals surface area (Å²) in [6, 6.07) is 22.5. The summed E-state index contributed by atoms with van der Waals surface area (Å²) in [4.78, 5) is 5.87. The van der Waals surface area contributed by atoms with Gasteiger partial charge in [-0.15, -0.1) is 11.3 Å². The van der Waals surface area contributed by atoms with E-state index in [1.807, 2.05) is 30.3 Å². The molecule has 0 aliphatic carbocycles. The summed E-state index contributed by atoms with van der Waals surface area (Å²) in [5.41, 5.74) is 4.49. The van der Waals surface area contributed by atoms with Crippen molar-refractivity contribution in [2.24, 2.45) is 4.99 Å². The van der Waals surface area contributed by atoms with Gasteiger partial charge < -0.3 is 8.98 Å². The fraction of sp³-hybridized carbons (Fsp3) is 0.0952. The summed E-state index contributed by atoms with van der Waals surface area (Å²) in [5.74, 6) is 0.918. The maximum Gasteiger partial charge on any atom is 0.190 e. The van der Waals surface area contributed by atoms with Crippen molar-refractivity contribution in [1.29, 1.82) is 0 Å². The molecule has 0 N–H and O–H groups in total. The van der Waals surface area contributed by atoms with Crippen molar-refractivity contribution in [2.45, 2.75) is 13.5 Å². The second-order valence-corrected chi connectivity index (χ2v) is 6.67. The van der Waals surface area contributed by atoms with Gasteiger partial charge in [-0.25, -0.2) is 4.99 Å². The topological polar surface area (TPSA) is 30.4 Å². The van der Waals surface area contributed by atoms with Crippen LogP contribution >= 0.6 is 11.3 Å². The van der Waals surface area contributed by atoms with Crippen molar-refractivity contribution < 1.29 is 4.42 Å². The zero-order chi connectivity index (χ0) is 17.1. The van der Waals surface area contributed by atoms with E-state index in [4.69, 9.17) is 9.41 Å². The molecule has 0 radical (unpaired) electrons. The molecule has 0 aliphatic rings. The summed E-state index contributed by atoms with van der Waals surface area (Å²) >= 11 is 1.65. The summed E-state index contributed by atoms with van der Waals surface area (Å²) < 4.78 is 7.78. The van der Waals surface area contributed by atoms with Crippen molar-refractivity contribution in [1.82, 2.24) is 4.57 Å². The van der Waals surface area contributed by atoms with Crippen LogP contribution in [0.4, 0.5) is 5.69 Å². The first-order valence-electron chi connectivity index (χ1n) is 8.18. The molecule has 0 unspecified atom stereocenters. The average molecular weight is 346 g/mol. The highest BCUT2D eigenvalue weighted by atomic mass is 32.1. The molecule has 0 aliphatic heterocycles. The van der Waals surface area contributed by atoms with Crippen molar-refractivity contribution in [3.8, 4) is 11.3 Å². The molecule has 0 atom stereocenters. The molecule has 0 saturated carbocycles. The van der Waals surface area contributed by atoms with E-state index >= 15 is 0 Å². The third-order valence-corrected chi connectivity index (χ3v) is 4.96. The van der Waals surface area contributed by atoms with Gasteiger partial charge in [0.05, 0.1) is 24.2 Å². The zero-order valence-electron chi connectivity index (χ0n) is 13.9. The Balaban J connectivity index is 1.87. The lowest BCUT2D eigenvalue weighted by atomic mass is 10.2. The Kier molecular flexibility index (Phi) is 4.36. The van der Waals surface area contributed by atoms with Gasteiger partial charge in [0.15, 0.2) is 4.80 Å². The number of thiazole rings is 1. The van der Waals surface area contributed by atoms with E-state index in [1.165, 1.54) is 11.1 Å². The van der Waals surface area contributed by atoms with Crippen LogP contribution in [-0.2, 0) is 6.54 Å². The maximum atomic E-state index is 5.57. The Labute approximate surface area is 150 Å². The minimum absolute atomic E-state index is 0.658. The molecule has 2 aromatic heterocycles. The predicted octanol–water partition coefficient (Wildman–Crippen LogP) is 5.40. The Hall–Kier alpha value is -2.85. The number of aromatic nitrogens is 1. The Morgan fingerprint density at radius 3 is 2.52 bits per heavy atom. The van der Waals surface area contributed by atoms with Gasteiger partial charge in [0.25, 0.3) is 0 Å². The van der Waals surface area contributed by atoms with Gasteiger partial charge >= 0.3 is 0 Å². The van der Waals surface area contributed by atoms with E-state index in [1.54, 1.807) is 17.6 Å². The molecule has 124 valence electrons. The number of benzene rings is 2. The third kappa shape index (κ3) is 3.35. The number of para-hydroxylation sites is 1. The maximum absolute atomic E-state index is 5.57. The summed E-state index contributed by atoms with van der Waals surface area (Å²) in [6.45, 7) is 2.74. The van der Waals surface area contributed by atoms with E-state index in [2.05, 4.69) is 53.3 Å². The molecular weight excluding hydrogens is 328 g/mol. The lowest BCUT2D eigenvalue weighted by Gasteiger charge is -2.08. The van der Waals surface area contributed by atoms with E-state index in [0.717, 1.165) is 21.9 Å². The van der Waals surface area contributed by atoms with Crippen molar-refractivity contribution >= 4 is 17.0 Å². The van der Waals surface area contributed by atoms with E-state index in [0.29, 0.717) is 6.54 Å². The molecule has 3 nitrogen and oxygen atoms in total. The van der Waals surface area contributed by atoms with E-state index in [-0.39, 0.29) is 0 Å². The quantitative estimate of drug-likeness (QED) is 0.487. The van der Waals surface area contributed by atoms with E-state index in [9.17, 15) is 0 Å². The number of hydrogen-bond donors (Lipinski definition) is 0. The molecule has 4 aromatic rings. The molecule has 2 aromatic carbocycles. The number of hydrogen-bond acceptors (Lipinski definition) is 3. The smallest absolute Gasteiger partial charge is 0.190 e. The summed E-state index contributed by atoms with van der Waals surface area (Å²) in [5, 5.41) is 2.16. The Morgan fingerprint density at radius 1 is 0.960 bits per heavy atom. The lowest BCUT2D eigenvalue weighted by Crippen LogP contribution is -2.16. The average Bonchev–Trinajstić information content (AvgIpc) is 3.29. The molecule has 4 heteroatoms. The number of nitrogens with zero attached hydrogens (tertiary/aromatic N) is 2. The summed E-state index contributed by atoms with van der Waals surface area (Å²) in [7, 11) is 0. The van der Waals surface area contributed by atoms with Crippen molar-refractivity contribution in [3.63, 3.8) is 0 Å². The minimum atomic E-state index is 0.658. The second kappa shape index (κ2) is 6.95. The third-order valence-electron chi connectivity index (χ3n) is 4.09. The van der Waals surface area contributed by atoms with E-state index < -0.39 is 0 Å². The molecule has 0 bridgehead atoms. The van der Waals surface area contributed by atoms with Crippen molar-refractivity contribution in [3.05, 3.63) is 94.5 Å². The van der Waals surface area contributed by atoms with Gasteiger partial charge in [0.2, 0.25) is 0 Å². The standard InChI is InChI=1S/C21H18N2OS/c1-16-8-5-6-12-19(16)22-21-23(14-18-11-7-13-24-18)20(15-25-21)17-9-3-2-4-10-17/h2-13,15H,14H2,1H3. The fourth-order valence-electron chi connectivity index (χ4n) is 2.76. The van der Waals surface area contributed by atoms with Gasteiger partial charge in [-0.05, 0) is 36.2 Å². The zero-order valence-corrected chi connectivity index (χ0v) is 14.7. The minimum Gasteiger partial charge on any atom is -0.467 e. The second-order valence-electron chi connectivity index (χ2n) is 5.83. The van der Waals surface area contributed by atoms with Crippen LogP contribution in [0.2, 0.25) is 0 Å². The molecule has 0 amide bonds.